The lowest BCUT2D eigenvalue weighted by molar-refractivity contribution is 0.0206. The molecular weight excluding hydrogens is 280 g/mol. The summed E-state index contributed by atoms with van der Waals surface area (Å²) in [5, 5.41) is 2.94. The Kier molecular flexibility index (Phi) is 4.11. The van der Waals surface area contributed by atoms with Gasteiger partial charge in [-0.05, 0) is 31.9 Å². The van der Waals surface area contributed by atoms with Gasteiger partial charge in [0.05, 0.1) is 11.3 Å². The van der Waals surface area contributed by atoms with Crippen molar-refractivity contribution in [1.82, 2.24) is 20.3 Å². The summed E-state index contributed by atoms with van der Waals surface area (Å²) in [5.74, 6) is -0.128. The van der Waals surface area contributed by atoms with Crippen LogP contribution in [0.3, 0.4) is 0 Å². The second-order valence-corrected chi connectivity index (χ2v) is 5.64. The molecule has 0 radical (unpaired) electrons. The smallest absolute Gasteiger partial charge is 0.251 e. The molecule has 1 fully saturated rings. The summed E-state index contributed by atoms with van der Waals surface area (Å²) in [6, 6.07) is 3.44. The van der Waals surface area contributed by atoms with Crippen LogP contribution in [0.1, 0.15) is 30.1 Å². The van der Waals surface area contributed by atoms with Crippen LogP contribution in [0.5, 0.6) is 0 Å². The minimum atomic E-state index is -0.251. The predicted octanol–water partition coefficient (Wildman–Crippen LogP) is 1.84. The summed E-state index contributed by atoms with van der Waals surface area (Å²) in [6.45, 7) is 3.30. The number of rotatable bonds is 4. The summed E-state index contributed by atoms with van der Waals surface area (Å²) in [6.07, 6.45) is 8.43. The van der Waals surface area contributed by atoms with Crippen LogP contribution in [0.2, 0.25) is 0 Å². The molecule has 114 valence electrons. The van der Waals surface area contributed by atoms with Crippen LogP contribution in [0, 0.1) is 0 Å². The number of ether oxygens (including phenoxy) is 1. The third-order valence-electron chi connectivity index (χ3n) is 3.80. The minimum absolute atomic E-state index is 0.128. The van der Waals surface area contributed by atoms with Gasteiger partial charge in [-0.2, -0.15) is 0 Å². The van der Waals surface area contributed by atoms with Crippen molar-refractivity contribution in [3.05, 3.63) is 42.6 Å². The lowest BCUT2D eigenvalue weighted by Crippen LogP contribution is -2.40. The Bertz CT molecular complexity index is 654. The molecule has 2 aromatic rings. The molecule has 1 saturated heterocycles. The van der Waals surface area contributed by atoms with Crippen molar-refractivity contribution >= 4 is 5.91 Å². The Hall–Kier alpha value is -2.34. The van der Waals surface area contributed by atoms with E-state index in [9.17, 15) is 4.79 Å². The van der Waals surface area contributed by atoms with E-state index >= 15 is 0 Å². The number of hydrogen-bond donors (Lipinski definition) is 1. The van der Waals surface area contributed by atoms with Crippen molar-refractivity contribution in [2.24, 2.45) is 0 Å². The summed E-state index contributed by atoms with van der Waals surface area (Å²) in [4.78, 5) is 24.5. The van der Waals surface area contributed by atoms with E-state index in [0.717, 1.165) is 25.0 Å². The van der Waals surface area contributed by atoms with Gasteiger partial charge in [0.1, 0.15) is 6.33 Å². The molecule has 0 spiro atoms. The molecule has 3 heterocycles. The normalized spacial score (nSPS) is 20.8. The Morgan fingerprint density at radius 2 is 2.23 bits per heavy atom. The van der Waals surface area contributed by atoms with Crippen LogP contribution in [-0.2, 0) is 4.74 Å². The van der Waals surface area contributed by atoms with Gasteiger partial charge < -0.3 is 10.1 Å². The third kappa shape index (κ3) is 3.28. The van der Waals surface area contributed by atoms with Crippen LogP contribution in [-0.4, -0.2) is 39.6 Å². The van der Waals surface area contributed by atoms with Gasteiger partial charge in [0.25, 0.3) is 5.91 Å². The van der Waals surface area contributed by atoms with Crippen LogP contribution < -0.4 is 5.32 Å². The SMILES string of the molecule is CC1(CNC(=O)c2ccnc(-c3cncnc3)c2)CCCO1. The molecule has 0 aliphatic carbocycles. The molecular formula is C16H18N4O2. The quantitative estimate of drug-likeness (QED) is 0.932. The fraction of sp³-hybridized carbons (Fsp3) is 0.375. The van der Waals surface area contributed by atoms with Gasteiger partial charge >= 0.3 is 0 Å². The first-order valence-corrected chi connectivity index (χ1v) is 7.30. The largest absolute Gasteiger partial charge is 0.373 e. The van der Waals surface area contributed by atoms with E-state index in [0.29, 0.717) is 17.8 Å². The highest BCUT2D eigenvalue weighted by Crippen LogP contribution is 2.24. The maximum atomic E-state index is 12.3. The molecule has 0 saturated carbocycles. The Labute approximate surface area is 129 Å². The van der Waals surface area contributed by atoms with E-state index in [-0.39, 0.29) is 11.5 Å². The van der Waals surface area contributed by atoms with Gasteiger partial charge in [-0.1, -0.05) is 0 Å². The van der Waals surface area contributed by atoms with Gasteiger partial charge in [0.2, 0.25) is 0 Å². The Balaban J connectivity index is 1.70. The number of nitrogens with one attached hydrogen (secondary N) is 1. The fourth-order valence-electron chi connectivity index (χ4n) is 2.51. The zero-order valence-electron chi connectivity index (χ0n) is 12.5. The molecule has 1 atom stereocenters. The number of carbonyl (C=O) groups is 1. The highest BCUT2D eigenvalue weighted by atomic mass is 16.5. The molecule has 0 bridgehead atoms. The van der Waals surface area contributed by atoms with Crippen molar-refractivity contribution in [1.29, 1.82) is 0 Å². The first-order valence-electron chi connectivity index (χ1n) is 7.30. The molecule has 6 heteroatoms. The third-order valence-corrected chi connectivity index (χ3v) is 3.80. The summed E-state index contributed by atoms with van der Waals surface area (Å²) < 4.78 is 5.68. The predicted molar refractivity (Wildman–Crippen MR) is 81.2 cm³/mol. The molecule has 22 heavy (non-hydrogen) atoms. The average molecular weight is 298 g/mol. The number of amides is 1. The van der Waals surface area contributed by atoms with Crippen LogP contribution in [0.25, 0.3) is 11.3 Å². The lowest BCUT2D eigenvalue weighted by Gasteiger charge is -2.23. The topological polar surface area (TPSA) is 77.0 Å². The fourth-order valence-corrected chi connectivity index (χ4v) is 2.51. The highest BCUT2D eigenvalue weighted by Gasteiger charge is 2.30. The first-order chi connectivity index (χ1) is 10.7. The molecule has 2 aromatic heterocycles. The van der Waals surface area contributed by atoms with Crippen LogP contribution >= 0.6 is 0 Å². The zero-order chi connectivity index (χ0) is 15.4. The van der Waals surface area contributed by atoms with Crippen molar-refractivity contribution in [3.63, 3.8) is 0 Å². The molecule has 1 aliphatic rings. The van der Waals surface area contributed by atoms with Crippen LogP contribution in [0.15, 0.2) is 37.1 Å². The van der Waals surface area contributed by atoms with E-state index in [1.165, 1.54) is 6.33 Å². The maximum absolute atomic E-state index is 12.3. The number of hydrogen-bond acceptors (Lipinski definition) is 5. The lowest BCUT2D eigenvalue weighted by atomic mass is 10.0. The monoisotopic (exact) mass is 298 g/mol. The van der Waals surface area contributed by atoms with Gasteiger partial charge in [0, 0.05) is 42.9 Å². The molecule has 0 aromatic carbocycles. The maximum Gasteiger partial charge on any atom is 0.251 e. The van der Waals surface area contributed by atoms with E-state index in [4.69, 9.17) is 4.74 Å². The van der Waals surface area contributed by atoms with E-state index < -0.39 is 0 Å². The highest BCUT2D eigenvalue weighted by molar-refractivity contribution is 5.95. The number of nitrogens with zero attached hydrogens (tertiary/aromatic N) is 3. The van der Waals surface area contributed by atoms with Crippen molar-refractivity contribution in [2.45, 2.75) is 25.4 Å². The van der Waals surface area contributed by atoms with Gasteiger partial charge in [-0.15, -0.1) is 0 Å². The van der Waals surface area contributed by atoms with Crippen molar-refractivity contribution in [2.75, 3.05) is 13.2 Å². The molecule has 6 nitrogen and oxygen atoms in total. The standard InChI is InChI=1S/C16H18N4O2/c1-16(4-2-6-22-16)10-20-15(21)12-3-5-19-14(7-12)13-8-17-11-18-9-13/h3,5,7-9,11H,2,4,6,10H2,1H3,(H,20,21). The second-order valence-electron chi connectivity index (χ2n) is 5.64. The first kappa shape index (κ1) is 14.6. The minimum Gasteiger partial charge on any atom is -0.373 e. The number of carbonyl (C=O) groups excluding carboxylic acids is 1. The van der Waals surface area contributed by atoms with Gasteiger partial charge in [0.15, 0.2) is 0 Å². The Morgan fingerprint density at radius 3 is 2.95 bits per heavy atom. The average Bonchev–Trinajstić information content (AvgIpc) is 3.01. The van der Waals surface area contributed by atoms with Crippen LogP contribution in [0.4, 0.5) is 0 Å². The van der Waals surface area contributed by atoms with E-state index in [1.54, 1.807) is 30.7 Å². The van der Waals surface area contributed by atoms with Crippen molar-refractivity contribution < 1.29 is 9.53 Å². The molecule has 1 amide bonds. The van der Waals surface area contributed by atoms with Gasteiger partial charge in [-0.3, -0.25) is 9.78 Å². The molecule has 3 rings (SSSR count). The van der Waals surface area contributed by atoms with Crippen molar-refractivity contribution in [3.8, 4) is 11.3 Å². The van der Waals surface area contributed by atoms with E-state index in [2.05, 4.69) is 20.3 Å². The zero-order valence-corrected chi connectivity index (χ0v) is 12.5. The number of pyridine rings is 1. The summed E-state index contributed by atoms with van der Waals surface area (Å²) >= 11 is 0. The molecule has 1 N–H and O–H groups in total. The summed E-state index contributed by atoms with van der Waals surface area (Å²) in [7, 11) is 0. The molecule has 1 unspecified atom stereocenters. The molecule has 1 aliphatic heterocycles. The van der Waals surface area contributed by atoms with E-state index in [1.807, 2.05) is 6.92 Å². The van der Waals surface area contributed by atoms with Gasteiger partial charge in [-0.25, -0.2) is 9.97 Å². The number of aromatic nitrogens is 3. The Morgan fingerprint density at radius 1 is 1.41 bits per heavy atom. The summed E-state index contributed by atoms with van der Waals surface area (Å²) in [5.41, 5.74) is 1.77. The second kappa shape index (κ2) is 6.19.